The third kappa shape index (κ3) is 5.66. The summed E-state index contributed by atoms with van der Waals surface area (Å²) < 4.78 is 0. The summed E-state index contributed by atoms with van der Waals surface area (Å²) in [5.74, 6) is 2.02. The second kappa shape index (κ2) is 9.27. The minimum atomic E-state index is 0.484. The molecular weight excluding hydrogens is 324 g/mol. The van der Waals surface area contributed by atoms with Gasteiger partial charge in [0.15, 0.2) is 11.6 Å². The Morgan fingerprint density at radius 1 is 0.962 bits per heavy atom. The topological polar surface area (TPSA) is 92.3 Å². The van der Waals surface area contributed by atoms with Gasteiger partial charge in [0.25, 0.3) is 0 Å². The zero-order chi connectivity index (χ0) is 18.9. The average molecular weight is 348 g/mol. The van der Waals surface area contributed by atoms with Crippen LogP contribution in [0.15, 0.2) is 58.7 Å². The van der Waals surface area contributed by atoms with Gasteiger partial charge in [-0.1, -0.05) is 59.7 Å². The van der Waals surface area contributed by atoms with Crippen LogP contribution in [0.1, 0.15) is 25.0 Å². The number of nitrogens with two attached hydrogens (primary N) is 1. The number of rotatable bonds is 3. The summed E-state index contributed by atoms with van der Waals surface area (Å²) in [7, 11) is 0. The van der Waals surface area contributed by atoms with Crippen molar-refractivity contribution in [3.63, 3.8) is 0 Å². The van der Waals surface area contributed by atoms with Gasteiger partial charge in [-0.25, -0.2) is 4.98 Å². The smallest absolute Gasteiger partial charge is 0.181 e. The fourth-order valence-corrected chi connectivity index (χ4v) is 2.08. The van der Waals surface area contributed by atoms with Gasteiger partial charge in [0, 0.05) is 17.3 Å². The lowest BCUT2D eigenvalue weighted by atomic mass is 10.1. The zero-order valence-electron chi connectivity index (χ0n) is 15.6. The second-order valence-electron chi connectivity index (χ2n) is 5.85. The molecular formula is C20H24N6. The molecule has 0 fully saturated rings. The number of amidine groups is 1. The van der Waals surface area contributed by atoms with Crippen LogP contribution in [0.3, 0.4) is 0 Å². The summed E-state index contributed by atoms with van der Waals surface area (Å²) >= 11 is 0. The predicted octanol–water partition coefficient (Wildman–Crippen LogP) is 4.12. The molecule has 26 heavy (non-hydrogen) atoms. The Morgan fingerprint density at radius 2 is 1.50 bits per heavy atom. The molecule has 3 aromatic rings. The van der Waals surface area contributed by atoms with E-state index in [2.05, 4.69) is 75.6 Å². The molecule has 0 bridgehead atoms. The van der Waals surface area contributed by atoms with Crippen molar-refractivity contribution in [1.29, 1.82) is 0 Å². The van der Waals surface area contributed by atoms with Crippen LogP contribution in [0.25, 0.3) is 22.8 Å². The first-order chi connectivity index (χ1) is 12.5. The number of hydrogen-bond donors (Lipinski definition) is 2. The predicted molar refractivity (Wildman–Crippen MR) is 108 cm³/mol. The SMILES string of the molecule is C/C=N/N=C(/C)N.Cc1ccc(-c2n[nH]c(-c3ccc(C)cc3)n2)cc1. The van der Waals surface area contributed by atoms with Gasteiger partial charge in [0.05, 0.1) is 0 Å². The molecule has 3 rings (SSSR count). The maximum atomic E-state index is 5.11. The lowest BCUT2D eigenvalue weighted by Crippen LogP contribution is -2.03. The van der Waals surface area contributed by atoms with E-state index in [0.717, 1.165) is 22.8 Å². The number of benzene rings is 2. The average Bonchev–Trinajstić information content (AvgIpc) is 3.12. The van der Waals surface area contributed by atoms with Gasteiger partial charge in [-0.2, -0.15) is 10.2 Å². The molecule has 6 heteroatoms. The Bertz CT molecular complexity index is 809. The van der Waals surface area contributed by atoms with E-state index in [0.29, 0.717) is 5.84 Å². The van der Waals surface area contributed by atoms with E-state index in [9.17, 15) is 0 Å². The van der Waals surface area contributed by atoms with Crippen LogP contribution in [0.2, 0.25) is 0 Å². The Labute approximate surface area is 153 Å². The molecule has 0 aliphatic heterocycles. The van der Waals surface area contributed by atoms with Gasteiger partial charge in [0.2, 0.25) is 0 Å². The number of hydrogen-bond acceptors (Lipinski definition) is 4. The number of aryl methyl sites for hydroxylation is 2. The number of aromatic amines is 1. The monoisotopic (exact) mass is 348 g/mol. The molecule has 0 spiro atoms. The van der Waals surface area contributed by atoms with Crippen LogP contribution in [0.4, 0.5) is 0 Å². The molecule has 0 unspecified atom stereocenters. The first-order valence-electron chi connectivity index (χ1n) is 8.33. The highest BCUT2D eigenvalue weighted by molar-refractivity contribution is 5.77. The van der Waals surface area contributed by atoms with Gasteiger partial charge >= 0.3 is 0 Å². The second-order valence-corrected chi connectivity index (χ2v) is 5.85. The largest absolute Gasteiger partial charge is 0.386 e. The molecule has 134 valence electrons. The van der Waals surface area contributed by atoms with E-state index in [1.54, 1.807) is 20.1 Å². The van der Waals surface area contributed by atoms with Crippen molar-refractivity contribution >= 4 is 12.1 Å². The van der Waals surface area contributed by atoms with E-state index in [4.69, 9.17) is 5.73 Å². The van der Waals surface area contributed by atoms with Gasteiger partial charge in [-0.05, 0) is 27.7 Å². The molecule has 1 heterocycles. The van der Waals surface area contributed by atoms with Crippen molar-refractivity contribution in [2.24, 2.45) is 15.9 Å². The lowest BCUT2D eigenvalue weighted by molar-refractivity contribution is 1.10. The first-order valence-corrected chi connectivity index (χ1v) is 8.33. The fourth-order valence-electron chi connectivity index (χ4n) is 2.08. The molecule has 1 aromatic heterocycles. The molecule has 0 aliphatic rings. The van der Waals surface area contributed by atoms with Crippen LogP contribution in [-0.4, -0.2) is 27.2 Å². The van der Waals surface area contributed by atoms with E-state index in [1.807, 2.05) is 12.1 Å². The summed E-state index contributed by atoms with van der Waals surface area (Å²) in [6, 6.07) is 16.5. The molecule has 0 saturated heterocycles. The van der Waals surface area contributed by atoms with Crippen molar-refractivity contribution < 1.29 is 0 Å². The quantitative estimate of drug-likeness (QED) is 0.423. The Kier molecular flexibility index (Phi) is 6.79. The van der Waals surface area contributed by atoms with Crippen LogP contribution in [-0.2, 0) is 0 Å². The highest BCUT2D eigenvalue weighted by atomic mass is 15.2. The molecule has 2 aromatic carbocycles. The van der Waals surface area contributed by atoms with Crippen LogP contribution in [0, 0.1) is 13.8 Å². The maximum Gasteiger partial charge on any atom is 0.181 e. The number of nitrogens with one attached hydrogen (secondary N) is 1. The van der Waals surface area contributed by atoms with E-state index >= 15 is 0 Å². The minimum absolute atomic E-state index is 0.484. The van der Waals surface area contributed by atoms with Crippen molar-refractivity contribution in [3.05, 3.63) is 59.7 Å². The highest BCUT2D eigenvalue weighted by Gasteiger charge is 2.07. The Morgan fingerprint density at radius 3 is 1.96 bits per heavy atom. The summed E-state index contributed by atoms with van der Waals surface area (Å²) in [6.45, 7) is 7.61. The third-order valence-electron chi connectivity index (χ3n) is 3.45. The normalized spacial score (nSPS) is 11.3. The first kappa shape index (κ1) is 19.1. The van der Waals surface area contributed by atoms with Crippen molar-refractivity contribution in [2.45, 2.75) is 27.7 Å². The van der Waals surface area contributed by atoms with E-state index in [1.165, 1.54) is 11.1 Å². The van der Waals surface area contributed by atoms with Gasteiger partial charge < -0.3 is 5.73 Å². The van der Waals surface area contributed by atoms with Crippen LogP contribution >= 0.6 is 0 Å². The molecule has 0 saturated carbocycles. The number of H-pyrrole nitrogens is 1. The van der Waals surface area contributed by atoms with Crippen LogP contribution < -0.4 is 5.73 Å². The molecule has 0 aliphatic carbocycles. The van der Waals surface area contributed by atoms with Crippen LogP contribution in [0.5, 0.6) is 0 Å². The maximum absolute atomic E-state index is 5.11. The fraction of sp³-hybridized carbons (Fsp3) is 0.200. The van der Waals surface area contributed by atoms with E-state index in [-0.39, 0.29) is 0 Å². The zero-order valence-corrected chi connectivity index (χ0v) is 15.6. The third-order valence-corrected chi connectivity index (χ3v) is 3.45. The Balaban J connectivity index is 0.000000298. The van der Waals surface area contributed by atoms with Crippen molar-refractivity contribution in [3.8, 4) is 22.8 Å². The Hall–Kier alpha value is -3.28. The molecule has 0 atom stereocenters. The number of aromatic nitrogens is 3. The van der Waals surface area contributed by atoms with Gasteiger partial charge in [0.1, 0.15) is 5.84 Å². The van der Waals surface area contributed by atoms with Gasteiger partial charge in [-0.15, -0.1) is 5.10 Å². The minimum Gasteiger partial charge on any atom is -0.386 e. The van der Waals surface area contributed by atoms with Crippen molar-refractivity contribution in [1.82, 2.24) is 15.2 Å². The summed E-state index contributed by atoms with van der Waals surface area (Å²) in [6.07, 6.45) is 1.58. The van der Waals surface area contributed by atoms with Crippen molar-refractivity contribution in [2.75, 3.05) is 0 Å². The lowest BCUT2D eigenvalue weighted by Gasteiger charge is -1.97. The summed E-state index contributed by atoms with van der Waals surface area (Å²) in [5.41, 5.74) is 9.67. The molecule has 3 N–H and O–H groups in total. The molecule has 6 nitrogen and oxygen atoms in total. The van der Waals surface area contributed by atoms with Gasteiger partial charge in [-0.3, -0.25) is 5.10 Å². The number of nitrogens with zero attached hydrogens (tertiary/aromatic N) is 4. The molecule has 0 amide bonds. The standard InChI is InChI=1S/C16H15N3.C4H9N3/c1-11-3-7-13(8-4-11)15-17-16(19-18-15)14-9-5-12(2)6-10-14;1-3-6-7-4(2)5/h3-10H,1-2H3,(H,17,18,19);3H,1-2H3,(H2,5,7)/b;6-3+. The highest BCUT2D eigenvalue weighted by Crippen LogP contribution is 2.20. The van der Waals surface area contributed by atoms with E-state index < -0.39 is 0 Å². The molecule has 0 radical (unpaired) electrons. The summed E-state index contributed by atoms with van der Waals surface area (Å²) in [4.78, 5) is 4.54. The summed E-state index contributed by atoms with van der Waals surface area (Å²) in [5, 5.41) is 14.3.